The predicted octanol–water partition coefficient (Wildman–Crippen LogP) is 7.39. The smallest absolute Gasteiger partial charge is 0.331 e. The average Bonchev–Trinajstić information content (AvgIpc) is 3.41. The van der Waals surface area contributed by atoms with Crippen molar-refractivity contribution in [2.75, 3.05) is 6.61 Å². The standard InChI is InChI=1S/C36H48O6/c1-21-11-16-36(40-20-21)22(2)33-31(42-36)19-28-26-8-7-24-18-25(12-14-34(24,3)27(26)13-15-35(28,33)4)41-32(39)10-6-23-5-9-29(37)30(38)17-23/h5-7,9-10,17,21-22,25-28,31,33,37-38H,8,11-16,18-20H2,1-4H3/b10-6+/t21-,22-,25-,26+,27-,28-,31-,33-,34-,35-,36-/m0/s1. The van der Waals surface area contributed by atoms with Crippen molar-refractivity contribution in [2.24, 2.45) is 46.3 Å². The van der Waals surface area contributed by atoms with Gasteiger partial charge in [-0.1, -0.05) is 45.4 Å². The van der Waals surface area contributed by atoms with Crippen molar-refractivity contribution in [2.45, 2.75) is 103 Å². The van der Waals surface area contributed by atoms with Crippen LogP contribution in [0.25, 0.3) is 6.08 Å². The van der Waals surface area contributed by atoms with Crippen LogP contribution in [0.3, 0.4) is 0 Å². The van der Waals surface area contributed by atoms with Crippen LogP contribution in [0.4, 0.5) is 0 Å². The molecule has 228 valence electrons. The van der Waals surface area contributed by atoms with Crippen LogP contribution in [-0.2, 0) is 19.0 Å². The first-order valence-corrected chi connectivity index (χ1v) is 16.4. The quantitative estimate of drug-likeness (QED) is 0.169. The molecule has 0 aromatic heterocycles. The Morgan fingerprint density at radius 2 is 1.88 bits per heavy atom. The van der Waals surface area contributed by atoms with E-state index < -0.39 is 0 Å². The van der Waals surface area contributed by atoms with Crippen molar-refractivity contribution in [1.29, 1.82) is 0 Å². The highest BCUT2D eigenvalue weighted by Gasteiger charge is 2.68. The highest BCUT2D eigenvalue weighted by Crippen LogP contribution is 2.70. The Kier molecular flexibility index (Phi) is 6.86. The number of ether oxygens (including phenoxy) is 3. The third kappa shape index (κ3) is 4.37. The van der Waals surface area contributed by atoms with E-state index in [2.05, 4.69) is 33.8 Å². The Balaban J connectivity index is 1.02. The van der Waals surface area contributed by atoms with E-state index in [0.717, 1.165) is 38.7 Å². The molecule has 5 fully saturated rings. The molecule has 6 nitrogen and oxygen atoms in total. The van der Waals surface area contributed by atoms with Gasteiger partial charge < -0.3 is 24.4 Å². The van der Waals surface area contributed by atoms with E-state index in [1.165, 1.54) is 49.5 Å². The highest BCUT2D eigenvalue weighted by atomic mass is 16.7. The summed E-state index contributed by atoms with van der Waals surface area (Å²) in [7, 11) is 0. The van der Waals surface area contributed by atoms with Crippen LogP contribution in [-0.4, -0.2) is 40.8 Å². The lowest BCUT2D eigenvalue weighted by Crippen LogP contribution is -2.52. The van der Waals surface area contributed by atoms with E-state index in [1.807, 2.05) is 0 Å². The number of allylic oxidation sites excluding steroid dienone is 1. The van der Waals surface area contributed by atoms with Gasteiger partial charge in [0, 0.05) is 24.8 Å². The molecule has 2 heterocycles. The van der Waals surface area contributed by atoms with Crippen molar-refractivity contribution in [3.05, 3.63) is 41.5 Å². The maximum atomic E-state index is 12.7. The molecule has 6 aliphatic rings. The van der Waals surface area contributed by atoms with Gasteiger partial charge in [0.25, 0.3) is 0 Å². The number of hydrogen-bond donors (Lipinski definition) is 2. The SMILES string of the molecule is C[C@H]1CC[C@]2(OC1)O[C@H]1C[C@H]3[C@@H]4CC=C5C[C@@H](OC(=O)/C=C/c6ccc(O)c(O)c6)CC[C@]5(C)[C@H]4CC[C@]3(C)[C@H]1[C@@H]2C. The van der Waals surface area contributed by atoms with Crippen LogP contribution in [0.15, 0.2) is 35.9 Å². The lowest BCUT2D eigenvalue weighted by molar-refractivity contribution is -0.272. The van der Waals surface area contributed by atoms with E-state index >= 15 is 0 Å². The monoisotopic (exact) mass is 576 g/mol. The lowest BCUT2D eigenvalue weighted by Gasteiger charge is -2.58. The van der Waals surface area contributed by atoms with Gasteiger partial charge in [-0.2, -0.15) is 0 Å². The number of rotatable bonds is 3. The Bertz CT molecular complexity index is 1290. The number of benzene rings is 1. The molecule has 0 radical (unpaired) electrons. The Hall–Kier alpha value is -2.31. The van der Waals surface area contributed by atoms with Gasteiger partial charge in [-0.25, -0.2) is 4.79 Å². The topological polar surface area (TPSA) is 85.2 Å². The van der Waals surface area contributed by atoms with Gasteiger partial charge in [0.05, 0.1) is 12.7 Å². The summed E-state index contributed by atoms with van der Waals surface area (Å²) in [6.45, 7) is 10.6. The second kappa shape index (κ2) is 10.1. The molecule has 7 rings (SSSR count). The van der Waals surface area contributed by atoms with Crippen LogP contribution in [0.1, 0.15) is 91.0 Å². The van der Waals surface area contributed by atoms with Gasteiger partial charge in [-0.3, -0.25) is 0 Å². The summed E-state index contributed by atoms with van der Waals surface area (Å²) in [5.74, 6) is 2.65. The maximum Gasteiger partial charge on any atom is 0.331 e. The van der Waals surface area contributed by atoms with Crippen LogP contribution in [0.5, 0.6) is 11.5 Å². The van der Waals surface area contributed by atoms with Gasteiger partial charge in [-0.15, -0.1) is 0 Å². The summed E-state index contributed by atoms with van der Waals surface area (Å²) in [5, 5.41) is 19.2. The maximum absolute atomic E-state index is 12.7. The summed E-state index contributed by atoms with van der Waals surface area (Å²) in [4.78, 5) is 12.7. The first kappa shape index (κ1) is 28.5. The van der Waals surface area contributed by atoms with Gasteiger partial charge in [-0.05, 0) is 109 Å². The van der Waals surface area contributed by atoms with Gasteiger partial charge in [0.2, 0.25) is 0 Å². The van der Waals surface area contributed by atoms with Crippen LogP contribution in [0.2, 0.25) is 0 Å². The second-order valence-electron chi connectivity index (χ2n) is 15.2. The Labute approximate surface area is 250 Å². The lowest BCUT2D eigenvalue weighted by atomic mass is 9.47. The molecule has 1 aromatic rings. The zero-order valence-corrected chi connectivity index (χ0v) is 25.7. The number of carbonyl (C=O) groups is 1. The summed E-state index contributed by atoms with van der Waals surface area (Å²) >= 11 is 0. The number of hydrogen-bond acceptors (Lipinski definition) is 6. The summed E-state index contributed by atoms with van der Waals surface area (Å²) < 4.78 is 19.3. The number of fused-ring (bicyclic) bond motifs is 7. The van der Waals surface area contributed by atoms with Crippen molar-refractivity contribution in [1.82, 2.24) is 0 Å². The molecular formula is C36H48O6. The zero-order chi connectivity index (χ0) is 29.4. The second-order valence-corrected chi connectivity index (χ2v) is 15.2. The molecule has 1 aromatic carbocycles. The molecule has 42 heavy (non-hydrogen) atoms. The van der Waals surface area contributed by atoms with Crippen molar-refractivity contribution in [3.63, 3.8) is 0 Å². The van der Waals surface area contributed by atoms with E-state index in [9.17, 15) is 15.0 Å². The Morgan fingerprint density at radius 1 is 1.05 bits per heavy atom. The minimum Gasteiger partial charge on any atom is -0.504 e. The largest absolute Gasteiger partial charge is 0.504 e. The summed E-state index contributed by atoms with van der Waals surface area (Å²) in [5.41, 5.74) is 2.63. The van der Waals surface area contributed by atoms with Crippen LogP contribution in [0, 0.1) is 46.3 Å². The third-order valence-corrected chi connectivity index (χ3v) is 13.0. The zero-order valence-electron chi connectivity index (χ0n) is 25.7. The van der Waals surface area contributed by atoms with Crippen molar-refractivity contribution < 1.29 is 29.2 Å². The number of aromatic hydroxyl groups is 2. The molecule has 0 bridgehead atoms. The molecule has 6 heteroatoms. The first-order chi connectivity index (χ1) is 20.0. The summed E-state index contributed by atoms with van der Waals surface area (Å²) in [6, 6.07) is 4.48. The van der Waals surface area contributed by atoms with E-state index in [-0.39, 0.29) is 34.8 Å². The minimum atomic E-state index is -0.361. The molecule has 4 aliphatic carbocycles. The average molecular weight is 577 g/mol. The molecular weight excluding hydrogens is 528 g/mol. The number of phenols is 2. The number of carbonyl (C=O) groups excluding carboxylic acids is 1. The molecule has 2 saturated heterocycles. The predicted molar refractivity (Wildman–Crippen MR) is 160 cm³/mol. The number of esters is 1. The molecule has 3 saturated carbocycles. The molecule has 1 spiro atoms. The molecule has 0 unspecified atom stereocenters. The van der Waals surface area contributed by atoms with Gasteiger partial charge in [0.15, 0.2) is 17.3 Å². The molecule has 0 amide bonds. The fraction of sp³-hybridized carbons (Fsp3) is 0.694. The minimum absolute atomic E-state index is 0.102. The molecule has 2 N–H and O–H groups in total. The van der Waals surface area contributed by atoms with E-state index in [1.54, 1.807) is 12.1 Å². The van der Waals surface area contributed by atoms with Crippen LogP contribution >= 0.6 is 0 Å². The normalized spacial score (nSPS) is 46.0. The Morgan fingerprint density at radius 3 is 2.64 bits per heavy atom. The van der Waals surface area contributed by atoms with Crippen LogP contribution < -0.4 is 0 Å². The molecule has 2 aliphatic heterocycles. The van der Waals surface area contributed by atoms with E-state index in [0.29, 0.717) is 52.6 Å². The van der Waals surface area contributed by atoms with Crippen molar-refractivity contribution >= 4 is 12.0 Å². The van der Waals surface area contributed by atoms with Crippen molar-refractivity contribution in [3.8, 4) is 11.5 Å². The highest BCUT2D eigenvalue weighted by molar-refractivity contribution is 5.87. The summed E-state index contributed by atoms with van der Waals surface area (Å²) in [6.07, 6.45) is 15.7. The number of phenolic OH excluding ortho intramolecular Hbond substituents is 2. The van der Waals surface area contributed by atoms with Gasteiger partial charge >= 0.3 is 5.97 Å². The fourth-order valence-corrected chi connectivity index (χ4v) is 10.8. The van der Waals surface area contributed by atoms with E-state index in [4.69, 9.17) is 14.2 Å². The first-order valence-electron chi connectivity index (χ1n) is 16.4. The molecule has 11 atom stereocenters. The third-order valence-electron chi connectivity index (χ3n) is 13.0. The van der Waals surface area contributed by atoms with Gasteiger partial charge in [0.1, 0.15) is 6.10 Å². The fourth-order valence-electron chi connectivity index (χ4n) is 10.8.